The van der Waals surface area contributed by atoms with Crippen LogP contribution in [0.25, 0.3) is 32.7 Å². The first-order valence-electron chi connectivity index (χ1n) is 11.6. The van der Waals surface area contributed by atoms with E-state index in [0.717, 1.165) is 34.4 Å². The van der Waals surface area contributed by atoms with Crippen LogP contribution in [0.1, 0.15) is 26.7 Å². The van der Waals surface area contributed by atoms with Gasteiger partial charge in [-0.1, -0.05) is 74.0 Å². The molecule has 4 aromatic rings. The summed E-state index contributed by atoms with van der Waals surface area (Å²) in [7, 11) is 0. The van der Waals surface area contributed by atoms with Crippen LogP contribution >= 0.6 is 0 Å². The first-order valence-corrected chi connectivity index (χ1v) is 11.6. The van der Waals surface area contributed by atoms with Crippen molar-refractivity contribution in [1.82, 2.24) is 10.6 Å². The molecule has 0 aliphatic rings. The lowest BCUT2D eigenvalue weighted by Gasteiger charge is -2.18. The highest BCUT2D eigenvalue weighted by Crippen LogP contribution is 2.45. The number of hydrogen-bond donors (Lipinski definition) is 2. The Morgan fingerprint density at radius 2 is 1.18 bits per heavy atom. The van der Waals surface area contributed by atoms with E-state index >= 15 is 0 Å². The van der Waals surface area contributed by atoms with Gasteiger partial charge in [0, 0.05) is 24.2 Å². The zero-order chi connectivity index (χ0) is 23.9. The number of carbonyl (C=O) groups is 2. The molecule has 0 aromatic heterocycles. The van der Waals surface area contributed by atoms with Crippen LogP contribution in [0.4, 0.5) is 9.59 Å². The summed E-state index contributed by atoms with van der Waals surface area (Å²) < 4.78 is 11.5. The zero-order valence-electron chi connectivity index (χ0n) is 19.4. The summed E-state index contributed by atoms with van der Waals surface area (Å²) in [4.78, 5) is 25.0. The Bertz CT molecular complexity index is 1330. The molecule has 6 heteroatoms. The molecule has 34 heavy (non-hydrogen) atoms. The van der Waals surface area contributed by atoms with Crippen LogP contribution in [0.5, 0.6) is 11.5 Å². The summed E-state index contributed by atoms with van der Waals surface area (Å²) in [5.41, 5.74) is 1.39. The molecule has 0 fully saturated rings. The highest BCUT2D eigenvalue weighted by atomic mass is 16.6. The Labute approximate surface area is 198 Å². The molecule has 0 bridgehead atoms. The van der Waals surface area contributed by atoms with E-state index in [-0.39, 0.29) is 0 Å². The summed E-state index contributed by atoms with van der Waals surface area (Å²) in [6.07, 6.45) is 0.779. The molecule has 6 nitrogen and oxygen atoms in total. The second-order valence-electron chi connectivity index (χ2n) is 7.91. The lowest BCUT2D eigenvalue weighted by atomic mass is 9.92. The van der Waals surface area contributed by atoms with Crippen LogP contribution in [0.3, 0.4) is 0 Å². The van der Waals surface area contributed by atoms with Gasteiger partial charge in [0.2, 0.25) is 0 Å². The minimum Gasteiger partial charge on any atom is -0.410 e. The zero-order valence-corrected chi connectivity index (χ0v) is 19.4. The van der Waals surface area contributed by atoms with Gasteiger partial charge in [-0.25, -0.2) is 9.59 Å². The fourth-order valence-electron chi connectivity index (χ4n) is 3.97. The van der Waals surface area contributed by atoms with Gasteiger partial charge in [-0.15, -0.1) is 0 Å². The Kier molecular flexibility index (Phi) is 7.28. The molecule has 0 saturated carbocycles. The van der Waals surface area contributed by atoms with Gasteiger partial charge in [0.1, 0.15) is 11.5 Å². The van der Waals surface area contributed by atoms with E-state index in [0.29, 0.717) is 35.7 Å². The molecule has 0 heterocycles. The minimum atomic E-state index is -0.543. The third kappa shape index (κ3) is 4.96. The van der Waals surface area contributed by atoms with Crippen molar-refractivity contribution < 1.29 is 19.1 Å². The fraction of sp³-hybridized carbons (Fsp3) is 0.214. The highest BCUT2D eigenvalue weighted by Gasteiger charge is 2.21. The van der Waals surface area contributed by atoms with Crippen molar-refractivity contribution in [3.05, 3.63) is 72.8 Å². The van der Waals surface area contributed by atoms with E-state index in [9.17, 15) is 9.59 Å². The van der Waals surface area contributed by atoms with Crippen molar-refractivity contribution in [1.29, 1.82) is 0 Å². The van der Waals surface area contributed by atoms with E-state index in [1.54, 1.807) is 12.1 Å². The number of amides is 2. The molecule has 0 atom stereocenters. The fourth-order valence-corrected chi connectivity index (χ4v) is 3.97. The molecule has 0 unspecified atom stereocenters. The van der Waals surface area contributed by atoms with Gasteiger partial charge in [-0.3, -0.25) is 0 Å². The number of nitrogens with one attached hydrogen (secondary N) is 2. The average Bonchev–Trinajstić information content (AvgIpc) is 2.84. The molecule has 0 aliphatic carbocycles. The maximum atomic E-state index is 12.6. The van der Waals surface area contributed by atoms with E-state index in [4.69, 9.17) is 9.47 Å². The number of unbranched alkanes of at least 4 members (excludes halogenated alkanes) is 1. The normalized spacial score (nSPS) is 10.8. The summed E-state index contributed by atoms with van der Waals surface area (Å²) in [6.45, 7) is 4.88. The Hall–Kier alpha value is -4.06. The Morgan fingerprint density at radius 3 is 1.68 bits per heavy atom. The van der Waals surface area contributed by atoms with Gasteiger partial charge >= 0.3 is 12.2 Å². The molecule has 4 aromatic carbocycles. The minimum absolute atomic E-state index is 0.386. The second kappa shape index (κ2) is 10.7. The Balaban J connectivity index is 1.93. The standard InChI is InChI=1S/C28H28N2O4/c1-3-5-18-30-28(32)34-24-17-15-20-11-7-9-13-22(20)26(24)25-21-12-8-6-10-19(21)14-16-23(25)33-27(31)29-4-2/h6-17H,3-5,18H2,1-2H3,(H,29,31)(H,30,32). The van der Waals surface area contributed by atoms with Crippen LogP contribution in [0.2, 0.25) is 0 Å². The highest BCUT2D eigenvalue weighted by molar-refractivity contribution is 6.10. The maximum absolute atomic E-state index is 12.6. The molecule has 0 radical (unpaired) electrons. The van der Waals surface area contributed by atoms with Crippen molar-refractivity contribution in [2.24, 2.45) is 0 Å². The number of ether oxygens (including phenoxy) is 2. The largest absolute Gasteiger partial charge is 0.412 e. The molecule has 4 rings (SSSR count). The Morgan fingerprint density at radius 1 is 0.676 bits per heavy atom. The number of hydrogen-bond acceptors (Lipinski definition) is 4. The van der Waals surface area contributed by atoms with E-state index in [1.807, 2.05) is 67.6 Å². The predicted molar refractivity (Wildman–Crippen MR) is 136 cm³/mol. The van der Waals surface area contributed by atoms with Crippen LogP contribution in [0.15, 0.2) is 72.8 Å². The van der Waals surface area contributed by atoms with Gasteiger partial charge in [-0.2, -0.15) is 0 Å². The van der Waals surface area contributed by atoms with E-state index in [2.05, 4.69) is 17.6 Å². The smallest absolute Gasteiger partial charge is 0.410 e. The first kappa shape index (κ1) is 23.1. The molecule has 2 N–H and O–H groups in total. The number of carbonyl (C=O) groups excluding carboxylic acids is 2. The van der Waals surface area contributed by atoms with Crippen LogP contribution in [-0.2, 0) is 0 Å². The molecule has 2 amide bonds. The third-order valence-electron chi connectivity index (χ3n) is 5.56. The van der Waals surface area contributed by atoms with Crippen LogP contribution in [-0.4, -0.2) is 25.3 Å². The summed E-state index contributed by atoms with van der Waals surface area (Å²) in [5, 5.41) is 9.21. The van der Waals surface area contributed by atoms with Gasteiger partial charge in [0.15, 0.2) is 0 Å². The van der Waals surface area contributed by atoms with Crippen molar-refractivity contribution in [2.75, 3.05) is 13.1 Å². The first-order chi connectivity index (χ1) is 16.6. The summed E-state index contributed by atoms with van der Waals surface area (Å²) >= 11 is 0. The number of rotatable bonds is 7. The lowest BCUT2D eigenvalue weighted by Crippen LogP contribution is -2.28. The quantitative estimate of drug-likeness (QED) is 0.305. The van der Waals surface area contributed by atoms with Gasteiger partial charge < -0.3 is 20.1 Å². The van der Waals surface area contributed by atoms with E-state index < -0.39 is 12.2 Å². The molecule has 0 aliphatic heterocycles. The summed E-state index contributed by atoms with van der Waals surface area (Å²) in [6, 6.07) is 23.1. The van der Waals surface area contributed by atoms with Crippen molar-refractivity contribution >= 4 is 33.7 Å². The molecule has 0 spiro atoms. The van der Waals surface area contributed by atoms with Crippen LogP contribution < -0.4 is 20.1 Å². The maximum Gasteiger partial charge on any atom is 0.412 e. The molecule has 0 saturated heterocycles. The lowest BCUT2D eigenvalue weighted by molar-refractivity contribution is 0.199. The van der Waals surface area contributed by atoms with Gasteiger partial charge in [0.25, 0.3) is 0 Å². The molecular weight excluding hydrogens is 428 g/mol. The van der Waals surface area contributed by atoms with Crippen molar-refractivity contribution in [3.8, 4) is 22.6 Å². The van der Waals surface area contributed by atoms with Crippen LogP contribution in [0, 0.1) is 0 Å². The summed E-state index contributed by atoms with van der Waals surface area (Å²) in [5.74, 6) is 0.780. The van der Waals surface area contributed by atoms with Crippen molar-refractivity contribution in [3.63, 3.8) is 0 Å². The predicted octanol–water partition coefficient (Wildman–Crippen LogP) is 6.66. The number of fused-ring (bicyclic) bond motifs is 2. The monoisotopic (exact) mass is 456 g/mol. The van der Waals surface area contributed by atoms with Crippen molar-refractivity contribution in [2.45, 2.75) is 26.7 Å². The second-order valence-corrected chi connectivity index (χ2v) is 7.91. The topological polar surface area (TPSA) is 76.7 Å². The van der Waals surface area contributed by atoms with Gasteiger partial charge in [-0.05, 0) is 47.0 Å². The third-order valence-corrected chi connectivity index (χ3v) is 5.56. The molecule has 174 valence electrons. The molecular formula is C28H28N2O4. The number of benzene rings is 4. The average molecular weight is 457 g/mol. The SMILES string of the molecule is CCCCNC(=O)Oc1ccc2ccccc2c1-c1c(OC(=O)NCC)ccc2ccccc12. The van der Waals surface area contributed by atoms with Gasteiger partial charge in [0.05, 0.1) is 0 Å². The van der Waals surface area contributed by atoms with E-state index in [1.165, 1.54) is 0 Å².